The van der Waals surface area contributed by atoms with Gasteiger partial charge in [0.2, 0.25) is 0 Å². The summed E-state index contributed by atoms with van der Waals surface area (Å²) >= 11 is 10.6. The maximum Gasteiger partial charge on any atom is 0.315 e. The molecule has 0 aromatic rings. The molecule has 12 heavy (non-hydrogen) atoms. The number of carbonyl (C=O) groups is 1. The Kier molecular flexibility index (Phi) is 6.38. The second kappa shape index (κ2) is 6.43. The Morgan fingerprint density at radius 3 is 1.92 bits per heavy atom. The first-order valence-corrected chi connectivity index (χ1v) is 4.39. The van der Waals surface area contributed by atoms with Gasteiger partial charge in [-0.15, -0.1) is 23.2 Å². The standard InChI is InChI=1S/C6H9Cl2F2NO/c7-1-3-11(4-2-8)6(12)5(9)10/h5H,1-4H2. The fourth-order valence-corrected chi connectivity index (χ4v) is 1.08. The molecule has 0 aromatic heterocycles. The van der Waals surface area contributed by atoms with Crippen molar-refractivity contribution in [2.24, 2.45) is 0 Å². The summed E-state index contributed by atoms with van der Waals surface area (Å²) in [6.07, 6.45) is -2.98. The van der Waals surface area contributed by atoms with Crippen LogP contribution in [0.25, 0.3) is 0 Å². The van der Waals surface area contributed by atoms with Crippen molar-refractivity contribution in [3.63, 3.8) is 0 Å². The highest BCUT2D eigenvalue weighted by Crippen LogP contribution is 2.01. The third-order valence-electron chi connectivity index (χ3n) is 1.21. The number of rotatable bonds is 5. The normalized spacial score (nSPS) is 10.4. The zero-order chi connectivity index (χ0) is 9.56. The van der Waals surface area contributed by atoms with Crippen LogP contribution in [0.3, 0.4) is 0 Å². The molecule has 0 saturated carbocycles. The van der Waals surface area contributed by atoms with Crippen LogP contribution in [0.1, 0.15) is 0 Å². The first kappa shape index (κ1) is 11.9. The molecule has 0 radical (unpaired) electrons. The minimum atomic E-state index is -2.98. The first-order valence-electron chi connectivity index (χ1n) is 3.32. The molecule has 0 bridgehead atoms. The van der Waals surface area contributed by atoms with Gasteiger partial charge in [0, 0.05) is 24.8 Å². The molecule has 0 aliphatic carbocycles. The molecular formula is C6H9Cl2F2NO. The van der Waals surface area contributed by atoms with Gasteiger partial charge in [0.25, 0.3) is 5.91 Å². The lowest BCUT2D eigenvalue weighted by Crippen LogP contribution is -2.38. The third-order valence-corrected chi connectivity index (χ3v) is 1.55. The van der Waals surface area contributed by atoms with Gasteiger partial charge < -0.3 is 4.90 Å². The molecule has 0 rings (SSSR count). The van der Waals surface area contributed by atoms with Gasteiger partial charge >= 0.3 is 6.43 Å². The van der Waals surface area contributed by atoms with Crippen LogP contribution in [0.4, 0.5) is 8.78 Å². The van der Waals surface area contributed by atoms with Gasteiger partial charge in [0.05, 0.1) is 0 Å². The lowest BCUT2D eigenvalue weighted by Gasteiger charge is -2.19. The molecule has 0 heterocycles. The van der Waals surface area contributed by atoms with Crippen LogP contribution in [0, 0.1) is 0 Å². The summed E-state index contributed by atoms with van der Waals surface area (Å²) in [4.78, 5) is 11.6. The molecule has 2 nitrogen and oxygen atoms in total. The van der Waals surface area contributed by atoms with Gasteiger partial charge in [-0.1, -0.05) is 0 Å². The summed E-state index contributed by atoms with van der Waals surface area (Å²) in [5.41, 5.74) is 0. The highest BCUT2D eigenvalue weighted by atomic mass is 35.5. The number of carbonyl (C=O) groups excluding carboxylic acids is 1. The lowest BCUT2D eigenvalue weighted by molar-refractivity contribution is -0.142. The van der Waals surface area contributed by atoms with Gasteiger partial charge in [0.1, 0.15) is 0 Å². The largest absolute Gasteiger partial charge is 0.335 e. The highest BCUT2D eigenvalue weighted by molar-refractivity contribution is 6.18. The summed E-state index contributed by atoms with van der Waals surface area (Å²) in [7, 11) is 0. The van der Waals surface area contributed by atoms with Crippen molar-refractivity contribution >= 4 is 29.1 Å². The van der Waals surface area contributed by atoms with Crippen molar-refractivity contribution in [2.45, 2.75) is 6.43 Å². The lowest BCUT2D eigenvalue weighted by atomic mass is 10.4. The molecule has 0 unspecified atom stereocenters. The van der Waals surface area contributed by atoms with Crippen LogP contribution in [0.5, 0.6) is 0 Å². The first-order chi connectivity index (χ1) is 5.63. The molecule has 0 aliphatic rings. The van der Waals surface area contributed by atoms with Gasteiger partial charge in [-0.25, -0.2) is 0 Å². The third kappa shape index (κ3) is 4.07. The number of hydrogen-bond donors (Lipinski definition) is 0. The minimum absolute atomic E-state index is 0.109. The predicted octanol–water partition coefficient (Wildman–Crippen LogP) is 1.56. The fraction of sp³-hybridized carbons (Fsp3) is 0.833. The van der Waals surface area contributed by atoms with Crippen LogP contribution >= 0.6 is 23.2 Å². The zero-order valence-electron chi connectivity index (χ0n) is 6.27. The summed E-state index contributed by atoms with van der Waals surface area (Å²) in [6.45, 7) is 0.217. The quantitative estimate of drug-likeness (QED) is 0.643. The van der Waals surface area contributed by atoms with Gasteiger partial charge in [-0.05, 0) is 0 Å². The van der Waals surface area contributed by atoms with Gasteiger partial charge in [0.15, 0.2) is 0 Å². The number of amides is 1. The second-order valence-corrected chi connectivity index (χ2v) is 2.76. The van der Waals surface area contributed by atoms with Crippen molar-refractivity contribution in [1.29, 1.82) is 0 Å². The maximum absolute atomic E-state index is 11.8. The molecule has 0 N–H and O–H groups in total. The number of alkyl halides is 4. The van der Waals surface area contributed by atoms with Crippen molar-refractivity contribution in [1.82, 2.24) is 4.90 Å². The highest BCUT2D eigenvalue weighted by Gasteiger charge is 2.21. The fourth-order valence-electron chi connectivity index (χ4n) is 0.674. The molecule has 1 amide bonds. The molecule has 0 spiro atoms. The maximum atomic E-state index is 11.8. The SMILES string of the molecule is O=C(C(F)F)N(CCCl)CCCl. The van der Waals surface area contributed by atoms with Gasteiger partial charge in [-0.2, -0.15) is 8.78 Å². The predicted molar refractivity (Wildman–Crippen MR) is 44.0 cm³/mol. The van der Waals surface area contributed by atoms with E-state index in [1.54, 1.807) is 0 Å². The molecule has 72 valence electrons. The molecule has 0 fully saturated rings. The van der Waals surface area contributed by atoms with Crippen LogP contribution in [-0.2, 0) is 4.79 Å². The van der Waals surface area contributed by atoms with E-state index in [4.69, 9.17) is 23.2 Å². The van der Waals surface area contributed by atoms with Crippen LogP contribution in [-0.4, -0.2) is 42.1 Å². The van der Waals surface area contributed by atoms with E-state index >= 15 is 0 Å². The van der Waals surface area contributed by atoms with Crippen LogP contribution < -0.4 is 0 Å². The summed E-state index contributed by atoms with van der Waals surface area (Å²) in [5, 5.41) is 0. The Morgan fingerprint density at radius 1 is 1.25 bits per heavy atom. The Morgan fingerprint density at radius 2 is 1.67 bits per heavy atom. The summed E-state index contributed by atoms with van der Waals surface area (Å²) in [6, 6.07) is 0. The topological polar surface area (TPSA) is 20.3 Å². The smallest absolute Gasteiger partial charge is 0.315 e. The number of nitrogens with zero attached hydrogens (tertiary/aromatic N) is 1. The van der Waals surface area contributed by atoms with E-state index in [1.165, 1.54) is 0 Å². The minimum Gasteiger partial charge on any atom is -0.335 e. The van der Waals surface area contributed by atoms with Crippen molar-refractivity contribution in [3.8, 4) is 0 Å². The van der Waals surface area contributed by atoms with Crippen LogP contribution in [0.15, 0.2) is 0 Å². The average molecular weight is 220 g/mol. The van der Waals surface area contributed by atoms with Crippen molar-refractivity contribution in [3.05, 3.63) is 0 Å². The van der Waals surface area contributed by atoms with Crippen molar-refractivity contribution in [2.75, 3.05) is 24.8 Å². The van der Waals surface area contributed by atoms with Crippen LogP contribution in [0.2, 0.25) is 0 Å². The van der Waals surface area contributed by atoms with E-state index in [9.17, 15) is 13.6 Å². The van der Waals surface area contributed by atoms with E-state index in [2.05, 4.69) is 0 Å². The summed E-state index contributed by atoms with van der Waals surface area (Å²) in [5.74, 6) is -0.943. The summed E-state index contributed by atoms with van der Waals surface area (Å²) < 4.78 is 23.7. The van der Waals surface area contributed by atoms with E-state index < -0.39 is 12.3 Å². The monoisotopic (exact) mass is 219 g/mol. The Bertz CT molecular complexity index is 140. The molecule has 6 heteroatoms. The molecule has 0 aliphatic heterocycles. The molecule has 0 aromatic carbocycles. The Labute approximate surface area is 79.4 Å². The van der Waals surface area contributed by atoms with E-state index in [-0.39, 0.29) is 24.8 Å². The molecular weight excluding hydrogens is 211 g/mol. The van der Waals surface area contributed by atoms with E-state index in [1.807, 2.05) is 0 Å². The molecule has 0 saturated heterocycles. The van der Waals surface area contributed by atoms with E-state index in [0.29, 0.717) is 0 Å². The number of halogens is 4. The Hall–Kier alpha value is -0.0900. The van der Waals surface area contributed by atoms with E-state index in [0.717, 1.165) is 4.90 Å². The second-order valence-electron chi connectivity index (χ2n) is 2.00. The van der Waals surface area contributed by atoms with Crippen molar-refractivity contribution < 1.29 is 13.6 Å². The Balaban J connectivity index is 3.99. The number of hydrogen-bond acceptors (Lipinski definition) is 1. The molecule has 0 atom stereocenters. The van der Waals surface area contributed by atoms with Gasteiger partial charge in [-0.3, -0.25) is 4.79 Å². The average Bonchev–Trinajstić information content (AvgIpc) is 2.03. The zero-order valence-corrected chi connectivity index (χ0v) is 7.78.